The van der Waals surface area contributed by atoms with Crippen LogP contribution in [0.3, 0.4) is 0 Å². The minimum Gasteiger partial charge on any atom is -0.498 e. The van der Waals surface area contributed by atoms with E-state index in [2.05, 4.69) is 56.0 Å². The molecule has 2 nitrogen and oxygen atoms in total. The van der Waals surface area contributed by atoms with E-state index in [1.807, 2.05) is 0 Å². The summed E-state index contributed by atoms with van der Waals surface area (Å²) in [5.74, 6) is 2.38. The molecular formula is C51H93NO. The molecule has 1 aromatic rings. The summed E-state index contributed by atoms with van der Waals surface area (Å²) in [4.78, 5) is 2.76. The predicted octanol–water partition coefficient (Wildman–Crippen LogP) is 17.1. The lowest BCUT2D eigenvalue weighted by Crippen LogP contribution is -2.25. The molecule has 53 heavy (non-hydrogen) atoms. The molecule has 0 radical (unpaired) electrons. The fraction of sp³-hybridized carbons (Fsp3) is 0.843. The molecule has 308 valence electrons. The van der Waals surface area contributed by atoms with Crippen molar-refractivity contribution in [3.8, 4) is 0 Å². The van der Waals surface area contributed by atoms with Gasteiger partial charge in [-0.15, -0.1) is 0 Å². The van der Waals surface area contributed by atoms with Crippen molar-refractivity contribution in [1.29, 1.82) is 0 Å². The van der Waals surface area contributed by atoms with Gasteiger partial charge in [-0.2, -0.15) is 0 Å². The van der Waals surface area contributed by atoms with Crippen molar-refractivity contribution in [1.82, 2.24) is 4.90 Å². The minimum atomic E-state index is 0.947. The Kier molecular flexibility index (Phi) is 32.8. The van der Waals surface area contributed by atoms with Gasteiger partial charge in [-0.05, 0) is 68.7 Å². The van der Waals surface area contributed by atoms with Gasteiger partial charge in [0, 0.05) is 13.0 Å². The van der Waals surface area contributed by atoms with E-state index in [0.717, 1.165) is 19.1 Å². The second-order valence-electron chi connectivity index (χ2n) is 17.3. The summed E-state index contributed by atoms with van der Waals surface area (Å²) in [5.41, 5.74) is 3.10. The van der Waals surface area contributed by atoms with Gasteiger partial charge in [-0.3, -0.25) is 4.90 Å². The van der Waals surface area contributed by atoms with E-state index >= 15 is 0 Å². The van der Waals surface area contributed by atoms with E-state index in [1.54, 1.807) is 5.57 Å². The fourth-order valence-corrected chi connectivity index (χ4v) is 8.37. The average molecular weight is 736 g/mol. The number of nitrogens with zero attached hydrogens (tertiary/aromatic N) is 1. The summed E-state index contributed by atoms with van der Waals surface area (Å²) in [5, 5.41) is 0. The fourth-order valence-electron chi connectivity index (χ4n) is 8.37. The van der Waals surface area contributed by atoms with Crippen LogP contribution in [0.1, 0.15) is 251 Å². The molecule has 0 bridgehead atoms. The predicted molar refractivity (Wildman–Crippen MR) is 237 cm³/mol. The Balaban J connectivity index is 1.59. The Bertz CT molecular complexity index is 902. The van der Waals surface area contributed by atoms with E-state index in [4.69, 9.17) is 4.74 Å². The quantitative estimate of drug-likeness (QED) is 0.0490. The SMILES string of the molecule is CCCCCCCCCOC(CCCCCCCN(CCCCCCCC(CCCCCCCC)CCCCCCCC)Cc1ccccc1)=C1CC1. The molecule has 0 heterocycles. The first kappa shape index (κ1) is 47.9. The molecule has 0 aromatic heterocycles. The van der Waals surface area contributed by atoms with E-state index in [0.29, 0.717) is 0 Å². The number of unbranched alkanes of at least 4 members (excludes halogenated alkanes) is 24. The number of benzene rings is 1. The lowest BCUT2D eigenvalue weighted by Gasteiger charge is -2.22. The van der Waals surface area contributed by atoms with Crippen molar-refractivity contribution in [3.05, 3.63) is 47.2 Å². The molecule has 2 rings (SSSR count). The molecule has 0 atom stereocenters. The monoisotopic (exact) mass is 736 g/mol. The van der Waals surface area contributed by atoms with Crippen LogP contribution < -0.4 is 0 Å². The molecule has 1 saturated carbocycles. The van der Waals surface area contributed by atoms with E-state index in [9.17, 15) is 0 Å². The largest absolute Gasteiger partial charge is 0.498 e. The van der Waals surface area contributed by atoms with Gasteiger partial charge in [-0.1, -0.05) is 231 Å². The third kappa shape index (κ3) is 29.7. The molecule has 0 amide bonds. The summed E-state index contributed by atoms with van der Waals surface area (Å²) >= 11 is 0. The smallest absolute Gasteiger partial charge is 0.0951 e. The lowest BCUT2D eigenvalue weighted by molar-refractivity contribution is 0.192. The topological polar surface area (TPSA) is 12.5 Å². The molecular weight excluding hydrogens is 643 g/mol. The Morgan fingerprint density at radius 1 is 0.491 bits per heavy atom. The third-order valence-corrected chi connectivity index (χ3v) is 12.1. The second-order valence-corrected chi connectivity index (χ2v) is 17.3. The summed E-state index contributed by atoms with van der Waals surface area (Å²) in [6.45, 7) is 11.5. The standard InChI is InChI=1S/C51H93NO/c1-4-7-10-13-16-25-35-46-53-51(50-42-43-50)41-32-22-18-24-34-45-52(47-49-39-30-26-31-40-49)44-33-23-17-21-29-38-48(36-27-19-14-11-8-5-2)37-28-20-15-12-9-6-3/h26,30-31,39-40,48H,4-25,27-29,32-38,41-47H2,1-3H3. The van der Waals surface area contributed by atoms with Crippen molar-refractivity contribution in [2.45, 2.75) is 252 Å². The molecule has 0 saturated heterocycles. The molecule has 0 N–H and O–H groups in total. The number of rotatable bonds is 41. The van der Waals surface area contributed by atoms with Crippen molar-refractivity contribution < 1.29 is 4.74 Å². The van der Waals surface area contributed by atoms with Gasteiger partial charge in [0.25, 0.3) is 0 Å². The zero-order chi connectivity index (χ0) is 37.7. The molecule has 0 unspecified atom stereocenters. The van der Waals surface area contributed by atoms with Crippen LogP contribution in [-0.2, 0) is 11.3 Å². The van der Waals surface area contributed by atoms with E-state index in [-0.39, 0.29) is 0 Å². The molecule has 1 aliphatic carbocycles. The number of hydrogen-bond acceptors (Lipinski definition) is 2. The molecule has 1 fully saturated rings. The summed E-state index contributed by atoms with van der Waals surface area (Å²) in [6, 6.07) is 11.2. The van der Waals surface area contributed by atoms with Gasteiger partial charge in [0.1, 0.15) is 0 Å². The zero-order valence-corrected chi connectivity index (χ0v) is 36.4. The molecule has 0 aliphatic heterocycles. The normalized spacial score (nSPS) is 12.7. The highest BCUT2D eigenvalue weighted by Gasteiger charge is 2.18. The Morgan fingerprint density at radius 3 is 1.38 bits per heavy atom. The number of ether oxygens (including phenoxy) is 1. The summed E-state index contributed by atoms with van der Waals surface area (Å²) in [6.07, 6.45) is 49.0. The first-order valence-corrected chi connectivity index (χ1v) is 24.4. The van der Waals surface area contributed by atoms with Crippen molar-refractivity contribution in [3.63, 3.8) is 0 Å². The van der Waals surface area contributed by atoms with Crippen LogP contribution in [0.4, 0.5) is 0 Å². The first-order chi connectivity index (χ1) is 26.3. The van der Waals surface area contributed by atoms with Gasteiger partial charge < -0.3 is 4.74 Å². The van der Waals surface area contributed by atoms with Gasteiger partial charge in [0.05, 0.1) is 12.4 Å². The maximum absolute atomic E-state index is 6.32. The minimum absolute atomic E-state index is 0.947. The maximum Gasteiger partial charge on any atom is 0.0951 e. The van der Waals surface area contributed by atoms with Crippen molar-refractivity contribution in [2.24, 2.45) is 5.92 Å². The van der Waals surface area contributed by atoms with Crippen LogP contribution in [0.5, 0.6) is 0 Å². The van der Waals surface area contributed by atoms with Gasteiger partial charge in [0.15, 0.2) is 0 Å². The third-order valence-electron chi connectivity index (χ3n) is 12.1. The molecule has 1 aliphatic rings. The van der Waals surface area contributed by atoms with Crippen LogP contribution >= 0.6 is 0 Å². The van der Waals surface area contributed by atoms with Gasteiger partial charge in [-0.25, -0.2) is 0 Å². The Labute approximate surface area is 333 Å². The van der Waals surface area contributed by atoms with Crippen LogP contribution in [0.25, 0.3) is 0 Å². The first-order valence-electron chi connectivity index (χ1n) is 24.4. The molecule has 2 heteroatoms. The number of allylic oxidation sites excluding steroid dienone is 2. The summed E-state index contributed by atoms with van der Waals surface area (Å²) in [7, 11) is 0. The van der Waals surface area contributed by atoms with Crippen molar-refractivity contribution in [2.75, 3.05) is 19.7 Å². The number of hydrogen-bond donors (Lipinski definition) is 0. The maximum atomic E-state index is 6.32. The van der Waals surface area contributed by atoms with Crippen LogP contribution in [-0.4, -0.2) is 24.6 Å². The summed E-state index contributed by atoms with van der Waals surface area (Å²) < 4.78 is 6.32. The highest BCUT2D eigenvalue weighted by Crippen LogP contribution is 2.34. The highest BCUT2D eigenvalue weighted by atomic mass is 16.5. The second kappa shape index (κ2) is 36.4. The Hall–Kier alpha value is -1.28. The van der Waals surface area contributed by atoms with E-state index in [1.165, 1.54) is 249 Å². The van der Waals surface area contributed by atoms with E-state index < -0.39 is 0 Å². The lowest BCUT2D eigenvalue weighted by atomic mass is 9.89. The van der Waals surface area contributed by atoms with Gasteiger partial charge in [0.2, 0.25) is 0 Å². The molecule has 1 aromatic carbocycles. The zero-order valence-electron chi connectivity index (χ0n) is 36.4. The highest BCUT2D eigenvalue weighted by molar-refractivity contribution is 5.21. The Morgan fingerprint density at radius 2 is 0.906 bits per heavy atom. The van der Waals surface area contributed by atoms with Gasteiger partial charge >= 0.3 is 0 Å². The van der Waals surface area contributed by atoms with Crippen LogP contribution in [0, 0.1) is 5.92 Å². The average Bonchev–Trinajstić information content (AvgIpc) is 4.02. The molecule has 0 spiro atoms. The van der Waals surface area contributed by atoms with Crippen molar-refractivity contribution >= 4 is 0 Å². The van der Waals surface area contributed by atoms with Crippen LogP contribution in [0.2, 0.25) is 0 Å². The van der Waals surface area contributed by atoms with Crippen LogP contribution in [0.15, 0.2) is 41.7 Å².